The smallest absolute Gasteiger partial charge is 0.158 e. The molecule has 0 aromatic carbocycles. The average molecular weight is 330 g/mol. The van der Waals surface area contributed by atoms with Gasteiger partial charge >= 0.3 is 0 Å². The van der Waals surface area contributed by atoms with Crippen LogP contribution >= 0.6 is 0 Å². The fourth-order valence-electron chi connectivity index (χ4n) is 7.11. The van der Waals surface area contributed by atoms with Crippen LogP contribution in [0.15, 0.2) is 11.1 Å². The van der Waals surface area contributed by atoms with Gasteiger partial charge in [0.15, 0.2) is 5.78 Å². The average Bonchev–Trinajstić information content (AvgIpc) is 2.80. The summed E-state index contributed by atoms with van der Waals surface area (Å²) in [6.07, 6.45) is 8.38. The van der Waals surface area contributed by atoms with Crippen LogP contribution in [0, 0.1) is 28.6 Å². The van der Waals surface area contributed by atoms with E-state index >= 15 is 0 Å². The van der Waals surface area contributed by atoms with Crippen LogP contribution in [0.2, 0.25) is 0 Å². The highest BCUT2D eigenvalue weighted by molar-refractivity contribution is 5.98. The number of aldehydes is 1. The van der Waals surface area contributed by atoms with Crippen molar-refractivity contribution in [3.63, 3.8) is 0 Å². The van der Waals surface area contributed by atoms with Crippen molar-refractivity contribution in [1.82, 2.24) is 0 Å². The second kappa shape index (κ2) is 5.03. The van der Waals surface area contributed by atoms with E-state index in [0.717, 1.165) is 49.7 Å². The topological polar surface area (TPSA) is 54.4 Å². The largest absolute Gasteiger partial charge is 0.390 e. The van der Waals surface area contributed by atoms with Crippen LogP contribution in [0.4, 0.5) is 0 Å². The molecule has 0 amide bonds. The summed E-state index contributed by atoms with van der Waals surface area (Å²) in [7, 11) is 0. The SMILES string of the molecule is CC1=C2CC[C@@H]3[C@@H](CC[C@@]4(C)[C@H]3CCC4(C)O)[C@@]2(C=O)CCC1=O. The molecule has 0 radical (unpaired) electrons. The summed E-state index contributed by atoms with van der Waals surface area (Å²) in [6, 6.07) is 0. The number of allylic oxidation sites excluding steroid dienone is 1. The molecule has 132 valence electrons. The summed E-state index contributed by atoms with van der Waals surface area (Å²) in [4.78, 5) is 24.5. The van der Waals surface area contributed by atoms with Gasteiger partial charge in [-0.1, -0.05) is 12.5 Å². The maximum atomic E-state index is 12.3. The number of carbonyl (C=O) groups is 2. The van der Waals surface area contributed by atoms with E-state index in [-0.39, 0.29) is 11.2 Å². The molecule has 1 N–H and O–H groups in total. The zero-order valence-electron chi connectivity index (χ0n) is 15.2. The third kappa shape index (κ3) is 1.83. The Morgan fingerprint density at radius 2 is 1.75 bits per heavy atom. The van der Waals surface area contributed by atoms with Crippen molar-refractivity contribution >= 4 is 12.1 Å². The van der Waals surface area contributed by atoms with E-state index in [1.54, 1.807) is 0 Å². The maximum Gasteiger partial charge on any atom is 0.158 e. The van der Waals surface area contributed by atoms with Crippen LogP contribution < -0.4 is 0 Å². The molecule has 3 fully saturated rings. The van der Waals surface area contributed by atoms with Crippen LogP contribution in [0.5, 0.6) is 0 Å². The predicted octanol–water partition coefficient (Wildman–Crippen LogP) is 3.84. The van der Waals surface area contributed by atoms with E-state index in [0.29, 0.717) is 30.6 Å². The first-order valence-corrected chi connectivity index (χ1v) is 9.69. The van der Waals surface area contributed by atoms with Crippen molar-refractivity contribution in [2.24, 2.45) is 28.6 Å². The van der Waals surface area contributed by atoms with E-state index in [1.807, 2.05) is 13.8 Å². The second-order valence-corrected chi connectivity index (χ2v) is 9.37. The second-order valence-electron chi connectivity index (χ2n) is 9.37. The van der Waals surface area contributed by atoms with Crippen LogP contribution in [-0.4, -0.2) is 22.8 Å². The number of aliphatic hydroxyl groups is 1. The first-order valence-electron chi connectivity index (χ1n) is 9.69. The maximum absolute atomic E-state index is 12.3. The molecule has 0 bridgehead atoms. The highest BCUT2D eigenvalue weighted by Crippen LogP contribution is 2.67. The first kappa shape index (κ1) is 16.5. The lowest BCUT2D eigenvalue weighted by Gasteiger charge is -2.58. The summed E-state index contributed by atoms with van der Waals surface area (Å²) in [5.74, 6) is 1.65. The molecule has 0 saturated heterocycles. The van der Waals surface area contributed by atoms with Crippen molar-refractivity contribution in [1.29, 1.82) is 0 Å². The van der Waals surface area contributed by atoms with Gasteiger partial charge in [-0.15, -0.1) is 0 Å². The fraction of sp³-hybridized carbons (Fsp3) is 0.810. The number of rotatable bonds is 1. The van der Waals surface area contributed by atoms with E-state index in [1.165, 1.54) is 6.29 Å². The quantitative estimate of drug-likeness (QED) is 0.743. The van der Waals surface area contributed by atoms with Gasteiger partial charge < -0.3 is 9.90 Å². The predicted molar refractivity (Wildman–Crippen MR) is 92.3 cm³/mol. The Morgan fingerprint density at radius 1 is 1.04 bits per heavy atom. The van der Waals surface area contributed by atoms with Crippen molar-refractivity contribution in [3.05, 3.63) is 11.1 Å². The van der Waals surface area contributed by atoms with Crippen LogP contribution in [-0.2, 0) is 9.59 Å². The monoisotopic (exact) mass is 330 g/mol. The molecule has 4 rings (SSSR count). The van der Waals surface area contributed by atoms with E-state index in [9.17, 15) is 14.7 Å². The number of Topliss-reactive ketones (excluding diaryl/α,β-unsaturated/α-hetero) is 1. The summed E-state index contributed by atoms with van der Waals surface area (Å²) >= 11 is 0. The summed E-state index contributed by atoms with van der Waals surface area (Å²) in [5.41, 5.74) is 1.04. The lowest BCUT2D eigenvalue weighted by atomic mass is 9.46. The van der Waals surface area contributed by atoms with Crippen LogP contribution in [0.25, 0.3) is 0 Å². The number of fused-ring (bicyclic) bond motifs is 5. The van der Waals surface area contributed by atoms with Gasteiger partial charge in [-0.2, -0.15) is 0 Å². The van der Waals surface area contributed by atoms with Gasteiger partial charge in [0.1, 0.15) is 6.29 Å². The number of ketones is 1. The minimum atomic E-state index is -0.578. The molecule has 0 spiro atoms. The number of hydrogen-bond acceptors (Lipinski definition) is 3. The van der Waals surface area contributed by atoms with Crippen molar-refractivity contribution in [3.8, 4) is 0 Å². The highest BCUT2D eigenvalue weighted by atomic mass is 16.3. The fourth-order valence-corrected chi connectivity index (χ4v) is 7.11. The number of carbonyl (C=O) groups excluding carboxylic acids is 2. The third-order valence-corrected chi connectivity index (χ3v) is 8.80. The van der Waals surface area contributed by atoms with Gasteiger partial charge in [-0.25, -0.2) is 0 Å². The Kier molecular flexibility index (Phi) is 3.46. The summed E-state index contributed by atoms with van der Waals surface area (Å²) < 4.78 is 0. The third-order valence-electron chi connectivity index (χ3n) is 8.80. The summed E-state index contributed by atoms with van der Waals surface area (Å²) in [5, 5.41) is 10.9. The molecule has 4 aliphatic rings. The van der Waals surface area contributed by atoms with Gasteiger partial charge in [0.05, 0.1) is 11.0 Å². The lowest BCUT2D eigenvalue weighted by molar-refractivity contribution is -0.138. The zero-order chi connectivity index (χ0) is 17.3. The molecule has 0 aliphatic heterocycles. The first-order chi connectivity index (χ1) is 11.3. The van der Waals surface area contributed by atoms with Crippen LogP contribution in [0.3, 0.4) is 0 Å². The Morgan fingerprint density at radius 3 is 2.46 bits per heavy atom. The van der Waals surface area contributed by atoms with Gasteiger partial charge in [0.25, 0.3) is 0 Å². The molecule has 0 aromatic rings. The van der Waals surface area contributed by atoms with Crippen LogP contribution in [0.1, 0.15) is 72.1 Å². The van der Waals surface area contributed by atoms with E-state index < -0.39 is 11.0 Å². The molecule has 3 saturated carbocycles. The van der Waals surface area contributed by atoms with E-state index in [2.05, 4.69) is 6.92 Å². The Hall–Kier alpha value is -0.960. The molecule has 0 heterocycles. The zero-order valence-corrected chi connectivity index (χ0v) is 15.2. The minimum Gasteiger partial charge on any atom is -0.390 e. The molecule has 3 heteroatoms. The van der Waals surface area contributed by atoms with Gasteiger partial charge in [-0.3, -0.25) is 4.79 Å². The number of hydrogen-bond donors (Lipinski definition) is 1. The molecular formula is C21H30O3. The Labute approximate surface area is 144 Å². The van der Waals surface area contributed by atoms with E-state index in [4.69, 9.17) is 0 Å². The Balaban J connectivity index is 1.76. The minimum absolute atomic E-state index is 0.0149. The normalized spacial score (nSPS) is 51.0. The van der Waals surface area contributed by atoms with Crippen molar-refractivity contribution < 1.29 is 14.7 Å². The van der Waals surface area contributed by atoms with Gasteiger partial charge in [-0.05, 0) is 87.5 Å². The standard InChI is InChI=1S/C21H30O3/c1-13-15-5-4-14-16-7-10-20(3,24)19(16,2)9-6-17(14)21(15,12-22)11-8-18(13)23/h12,14,16-17,24H,4-11H2,1-3H3/t14-,16-,17+,19-,20?,21+/m0/s1. The lowest BCUT2D eigenvalue weighted by Crippen LogP contribution is -2.55. The molecular weight excluding hydrogens is 300 g/mol. The molecule has 1 unspecified atom stereocenters. The van der Waals surface area contributed by atoms with Gasteiger partial charge in [0.2, 0.25) is 0 Å². The van der Waals surface area contributed by atoms with Crippen molar-refractivity contribution in [2.75, 3.05) is 0 Å². The Bertz CT molecular complexity index is 631. The molecule has 3 nitrogen and oxygen atoms in total. The van der Waals surface area contributed by atoms with Crippen molar-refractivity contribution in [2.45, 2.75) is 77.7 Å². The molecule has 0 aromatic heterocycles. The van der Waals surface area contributed by atoms with Gasteiger partial charge in [0, 0.05) is 6.42 Å². The summed E-state index contributed by atoms with van der Waals surface area (Å²) in [6.45, 7) is 6.22. The molecule has 6 atom stereocenters. The molecule has 4 aliphatic carbocycles. The molecule has 24 heavy (non-hydrogen) atoms. The highest BCUT2D eigenvalue weighted by Gasteiger charge is 2.63.